The van der Waals surface area contributed by atoms with Crippen molar-refractivity contribution in [2.75, 3.05) is 11.9 Å². The molecule has 1 aromatic heterocycles. The number of halogens is 1. The summed E-state index contributed by atoms with van der Waals surface area (Å²) < 4.78 is 1.81. The molecule has 5 nitrogen and oxygen atoms in total. The minimum absolute atomic E-state index is 0.243. The minimum atomic E-state index is -0.243. The monoisotopic (exact) mass is 354 g/mol. The molecule has 2 amide bonds. The Morgan fingerprint density at radius 1 is 1.20 bits per heavy atom. The number of carbonyl (C=O) groups excluding carboxylic acids is 1. The van der Waals surface area contributed by atoms with Crippen molar-refractivity contribution in [1.29, 1.82) is 0 Å². The van der Waals surface area contributed by atoms with Crippen LogP contribution >= 0.6 is 11.6 Å². The fourth-order valence-corrected chi connectivity index (χ4v) is 2.58. The zero-order valence-corrected chi connectivity index (χ0v) is 14.6. The predicted octanol–water partition coefficient (Wildman–Crippen LogP) is 4.20. The number of aromatic nitrogens is 2. The summed E-state index contributed by atoms with van der Waals surface area (Å²) in [6, 6.07) is 15.2. The van der Waals surface area contributed by atoms with Crippen LogP contribution in [0.3, 0.4) is 0 Å². The molecular weight excluding hydrogens is 336 g/mol. The van der Waals surface area contributed by atoms with Gasteiger partial charge < -0.3 is 10.6 Å². The Kier molecular flexibility index (Phi) is 5.36. The van der Waals surface area contributed by atoms with Gasteiger partial charge in [-0.1, -0.05) is 29.8 Å². The summed E-state index contributed by atoms with van der Waals surface area (Å²) in [6.07, 6.45) is 4.40. The second kappa shape index (κ2) is 7.85. The number of carbonyl (C=O) groups is 1. The fourth-order valence-electron chi connectivity index (χ4n) is 2.40. The topological polar surface area (TPSA) is 59.0 Å². The molecule has 3 rings (SSSR count). The molecule has 2 N–H and O–H groups in total. The summed E-state index contributed by atoms with van der Waals surface area (Å²) in [4.78, 5) is 11.9. The van der Waals surface area contributed by atoms with Gasteiger partial charge in [-0.3, -0.25) is 0 Å². The summed E-state index contributed by atoms with van der Waals surface area (Å²) >= 11 is 6.05. The maximum Gasteiger partial charge on any atom is 0.319 e. The number of rotatable bonds is 5. The molecule has 0 atom stereocenters. The van der Waals surface area contributed by atoms with E-state index in [0.29, 0.717) is 17.3 Å². The van der Waals surface area contributed by atoms with Crippen LogP contribution in [0.2, 0.25) is 5.02 Å². The van der Waals surface area contributed by atoms with Gasteiger partial charge in [-0.15, -0.1) is 0 Å². The molecule has 2 aromatic carbocycles. The molecule has 3 aromatic rings. The van der Waals surface area contributed by atoms with E-state index in [4.69, 9.17) is 11.6 Å². The van der Waals surface area contributed by atoms with Crippen LogP contribution in [0, 0.1) is 6.92 Å². The van der Waals surface area contributed by atoms with Gasteiger partial charge in [0.05, 0.1) is 5.69 Å². The van der Waals surface area contributed by atoms with Crippen LogP contribution in [0.4, 0.5) is 10.5 Å². The molecule has 0 saturated carbocycles. The lowest BCUT2D eigenvalue weighted by molar-refractivity contribution is 0.252. The first-order valence-corrected chi connectivity index (χ1v) is 8.39. The molecular formula is C19H19ClN4O. The van der Waals surface area contributed by atoms with Crippen LogP contribution in [-0.4, -0.2) is 22.4 Å². The maximum atomic E-state index is 11.9. The second-order valence-corrected chi connectivity index (χ2v) is 6.12. The molecule has 0 aliphatic rings. The van der Waals surface area contributed by atoms with Gasteiger partial charge in [0, 0.05) is 29.6 Å². The first-order valence-electron chi connectivity index (χ1n) is 8.02. The van der Waals surface area contributed by atoms with Crippen LogP contribution in [0.1, 0.15) is 11.1 Å². The normalized spacial score (nSPS) is 10.5. The predicted molar refractivity (Wildman–Crippen MR) is 100 cm³/mol. The maximum absolute atomic E-state index is 11.9. The van der Waals surface area contributed by atoms with E-state index in [0.717, 1.165) is 23.2 Å². The van der Waals surface area contributed by atoms with E-state index in [2.05, 4.69) is 15.7 Å². The van der Waals surface area contributed by atoms with Crippen LogP contribution in [-0.2, 0) is 6.42 Å². The summed E-state index contributed by atoms with van der Waals surface area (Å²) in [6.45, 7) is 2.47. The number of amides is 2. The van der Waals surface area contributed by atoms with E-state index in [1.807, 2.05) is 60.3 Å². The Bertz CT molecular complexity index is 844. The van der Waals surface area contributed by atoms with Crippen molar-refractivity contribution >= 4 is 23.3 Å². The quantitative estimate of drug-likeness (QED) is 0.721. The molecule has 0 spiro atoms. The first kappa shape index (κ1) is 17.0. The largest absolute Gasteiger partial charge is 0.338 e. The molecule has 0 unspecified atom stereocenters. The fraction of sp³-hybridized carbons (Fsp3) is 0.158. The summed E-state index contributed by atoms with van der Waals surface area (Å²) in [5, 5.41) is 10.5. The van der Waals surface area contributed by atoms with Crippen molar-refractivity contribution in [3.8, 4) is 5.69 Å². The van der Waals surface area contributed by atoms with Crippen molar-refractivity contribution in [2.45, 2.75) is 13.3 Å². The highest BCUT2D eigenvalue weighted by Crippen LogP contribution is 2.19. The number of hydrogen-bond donors (Lipinski definition) is 2. The van der Waals surface area contributed by atoms with Crippen LogP contribution in [0.25, 0.3) is 5.69 Å². The number of hydrogen-bond acceptors (Lipinski definition) is 2. The Morgan fingerprint density at radius 3 is 2.68 bits per heavy atom. The zero-order valence-electron chi connectivity index (χ0n) is 13.9. The number of anilines is 1. The number of nitrogens with one attached hydrogen (secondary N) is 2. The van der Waals surface area contributed by atoms with Crippen molar-refractivity contribution in [2.24, 2.45) is 0 Å². The highest BCUT2D eigenvalue weighted by molar-refractivity contribution is 6.31. The molecule has 0 aliphatic heterocycles. The Hall–Kier alpha value is -2.79. The molecule has 25 heavy (non-hydrogen) atoms. The highest BCUT2D eigenvalue weighted by atomic mass is 35.5. The molecule has 0 aliphatic carbocycles. The van der Waals surface area contributed by atoms with Gasteiger partial charge >= 0.3 is 6.03 Å². The van der Waals surface area contributed by atoms with E-state index in [-0.39, 0.29) is 6.03 Å². The van der Waals surface area contributed by atoms with Gasteiger partial charge in [0.1, 0.15) is 0 Å². The summed E-state index contributed by atoms with van der Waals surface area (Å²) in [5.41, 5.74) is 3.81. The van der Waals surface area contributed by atoms with E-state index in [1.165, 1.54) is 0 Å². The van der Waals surface area contributed by atoms with Gasteiger partial charge in [0.25, 0.3) is 0 Å². The third-order valence-corrected chi connectivity index (χ3v) is 4.24. The van der Waals surface area contributed by atoms with Crippen molar-refractivity contribution in [1.82, 2.24) is 15.1 Å². The van der Waals surface area contributed by atoms with Crippen LogP contribution in [0.5, 0.6) is 0 Å². The van der Waals surface area contributed by atoms with Crippen molar-refractivity contribution in [3.05, 3.63) is 77.1 Å². The molecule has 1 heterocycles. The van der Waals surface area contributed by atoms with E-state index < -0.39 is 0 Å². The Labute approximate surface area is 151 Å². The van der Waals surface area contributed by atoms with Gasteiger partial charge in [-0.25, -0.2) is 9.48 Å². The lowest BCUT2D eigenvalue weighted by atomic mass is 10.1. The molecule has 0 radical (unpaired) electrons. The Morgan fingerprint density at radius 2 is 2.00 bits per heavy atom. The first-order chi connectivity index (χ1) is 12.1. The van der Waals surface area contributed by atoms with Gasteiger partial charge in [-0.2, -0.15) is 5.10 Å². The molecule has 0 bridgehead atoms. The van der Waals surface area contributed by atoms with Crippen LogP contribution in [0.15, 0.2) is 60.9 Å². The summed E-state index contributed by atoms with van der Waals surface area (Å²) in [7, 11) is 0. The van der Waals surface area contributed by atoms with E-state index in [1.54, 1.807) is 12.3 Å². The number of nitrogens with zero attached hydrogens (tertiary/aromatic N) is 2. The van der Waals surface area contributed by atoms with Crippen molar-refractivity contribution < 1.29 is 4.79 Å². The third-order valence-electron chi connectivity index (χ3n) is 3.83. The summed E-state index contributed by atoms with van der Waals surface area (Å²) in [5.74, 6) is 0. The third kappa shape index (κ3) is 4.61. The number of benzene rings is 2. The molecule has 0 fully saturated rings. The average Bonchev–Trinajstić information content (AvgIpc) is 3.13. The van der Waals surface area contributed by atoms with Gasteiger partial charge in [0.15, 0.2) is 0 Å². The average molecular weight is 355 g/mol. The van der Waals surface area contributed by atoms with E-state index >= 15 is 0 Å². The van der Waals surface area contributed by atoms with Crippen molar-refractivity contribution in [3.63, 3.8) is 0 Å². The standard InChI is InChI=1S/C19H19ClN4O/c1-14-3-6-16(13-18(14)20)23-19(25)21-11-9-15-4-7-17(8-5-15)24-12-2-10-22-24/h2-8,10,12-13H,9,11H2,1H3,(H2,21,23,25). The zero-order chi connectivity index (χ0) is 17.6. The smallest absolute Gasteiger partial charge is 0.319 e. The number of aryl methyl sites for hydroxylation is 1. The van der Waals surface area contributed by atoms with Gasteiger partial charge in [0.2, 0.25) is 0 Å². The van der Waals surface area contributed by atoms with Crippen LogP contribution < -0.4 is 10.6 Å². The molecule has 128 valence electrons. The van der Waals surface area contributed by atoms with E-state index in [9.17, 15) is 4.79 Å². The number of urea groups is 1. The lowest BCUT2D eigenvalue weighted by Crippen LogP contribution is -2.30. The Balaban J connectivity index is 1.47. The lowest BCUT2D eigenvalue weighted by Gasteiger charge is -2.09. The second-order valence-electron chi connectivity index (χ2n) is 5.71. The highest BCUT2D eigenvalue weighted by Gasteiger charge is 2.04. The van der Waals surface area contributed by atoms with Gasteiger partial charge in [-0.05, 0) is 54.8 Å². The SMILES string of the molecule is Cc1ccc(NC(=O)NCCc2ccc(-n3cccn3)cc2)cc1Cl. The minimum Gasteiger partial charge on any atom is -0.338 e. The molecule has 0 saturated heterocycles. The molecule has 6 heteroatoms.